The standard InChI is InChI=1S/C23H37N5O4/c1-4-24-23(26-17-22(29)28-9-5-6-10-28)25-16-19(27-11-13-32-14-12-27)18-7-8-20(30-2)21(15-18)31-3/h7-8,15,19H,4-6,9-14,16-17H2,1-3H3,(H2,24,25,26). The van der Waals surface area contributed by atoms with Crippen LogP contribution in [0, 0.1) is 0 Å². The number of hydrogen-bond donors (Lipinski definition) is 2. The predicted molar refractivity (Wildman–Crippen MR) is 124 cm³/mol. The molecule has 0 saturated carbocycles. The number of nitrogens with zero attached hydrogens (tertiary/aromatic N) is 3. The van der Waals surface area contributed by atoms with Crippen LogP contribution in [0.1, 0.15) is 31.4 Å². The normalized spacial score (nSPS) is 18.3. The van der Waals surface area contributed by atoms with Crippen molar-refractivity contribution in [2.24, 2.45) is 4.99 Å². The van der Waals surface area contributed by atoms with E-state index in [1.165, 1.54) is 0 Å². The summed E-state index contributed by atoms with van der Waals surface area (Å²) in [4.78, 5) is 21.2. The van der Waals surface area contributed by atoms with Crippen LogP contribution in [0.15, 0.2) is 23.2 Å². The third-order valence-corrected chi connectivity index (χ3v) is 5.92. The molecule has 3 rings (SSSR count). The highest BCUT2D eigenvalue weighted by Crippen LogP contribution is 2.32. The van der Waals surface area contributed by atoms with E-state index in [1.807, 2.05) is 24.0 Å². The smallest absolute Gasteiger partial charge is 0.244 e. The number of rotatable bonds is 9. The minimum Gasteiger partial charge on any atom is -0.493 e. The Hall–Kier alpha value is -2.52. The Labute approximate surface area is 191 Å². The topological polar surface area (TPSA) is 87.7 Å². The fraction of sp³-hybridized carbons (Fsp3) is 0.652. The summed E-state index contributed by atoms with van der Waals surface area (Å²) in [5.74, 6) is 2.16. The van der Waals surface area contributed by atoms with Gasteiger partial charge in [0, 0.05) is 39.3 Å². The zero-order valence-corrected chi connectivity index (χ0v) is 19.6. The lowest BCUT2D eigenvalue weighted by atomic mass is 10.0. The van der Waals surface area contributed by atoms with Crippen molar-refractivity contribution in [2.45, 2.75) is 25.8 Å². The Kier molecular flexibility index (Phi) is 9.43. The number of carbonyl (C=O) groups is 1. The average molecular weight is 448 g/mol. The van der Waals surface area contributed by atoms with Crippen molar-refractivity contribution >= 4 is 11.9 Å². The molecule has 1 aromatic rings. The molecule has 178 valence electrons. The molecule has 9 nitrogen and oxygen atoms in total. The van der Waals surface area contributed by atoms with E-state index in [1.54, 1.807) is 14.2 Å². The Morgan fingerprint density at radius 2 is 1.81 bits per heavy atom. The van der Waals surface area contributed by atoms with E-state index in [-0.39, 0.29) is 18.5 Å². The van der Waals surface area contributed by atoms with Gasteiger partial charge in [-0.25, -0.2) is 4.99 Å². The number of benzene rings is 1. The molecule has 0 bridgehead atoms. The number of morpholine rings is 1. The van der Waals surface area contributed by atoms with Gasteiger partial charge < -0.3 is 29.7 Å². The summed E-state index contributed by atoms with van der Waals surface area (Å²) in [5.41, 5.74) is 1.13. The van der Waals surface area contributed by atoms with Crippen molar-refractivity contribution in [3.05, 3.63) is 23.8 Å². The van der Waals surface area contributed by atoms with Gasteiger partial charge in [-0.3, -0.25) is 9.69 Å². The quantitative estimate of drug-likeness (QED) is 0.435. The van der Waals surface area contributed by atoms with Crippen molar-refractivity contribution in [2.75, 3.05) is 73.2 Å². The number of carbonyl (C=O) groups excluding carboxylic acids is 1. The van der Waals surface area contributed by atoms with Crippen molar-refractivity contribution in [3.8, 4) is 11.5 Å². The molecular weight excluding hydrogens is 410 g/mol. The highest BCUT2D eigenvalue weighted by atomic mass is 16.5. The predicted octanol–water partition coefficient (Wildman–Crippen LogP) is 1.25. The molecule has 1 aromatic carbocycles. The van der Waals surface area contributed by atoms with Gasteiger partial charge in [-0.2, -0.15) is 0 Å². The fourth-order valence-corrected chi connectivity index (χ4v) is 4.16. The lowest BCUT2D eigenvalue weighted by Gasteiger charge is -2.35. The van der Waals surface area contributed by atoms with E-state index in [0.29, 0.717) is 37.2 Å². The number of methoxy groups -OCH3 is 2. The first-order valence-corrected chi connectivity index (χ1v) is 11.5. The van der Waals surface area contributed by atoms with Gasteiger partial charge in [-0.1, -0.05) is 6.07 Å². The van der Waals surface area contributed by atoms with Crippen LogP contribution in [0.5, 0.6) is 11.5 Å². The Morgan fingerprint density at radius 1 is 1.09 bits per heavy atom. The van der Waals surface area contributed by atoms with Crippen LogP contribution in [0.4, 0.5) is 0 Å². The molecule has 2 fully saturated rings. The highest BCUT2D eigenvalue weighted by Gasteiger charge is 2.24. The molecular formula is C23H37N5O4. The summed E-state index contributed by atoms with van der Waals surface area (Å²) in [6.07, 6.45) is 2.17. The third kappa shape index (κ3) is 6.49. The van der Waals surface area contributed by atoms with Crippen LogP contribution in [0.2, 0.25) is 0 Å². The summed E-state index contributed by atoms with van der Waals surface area (Å²) in [7, 11) is 3.29. The van der Waals surface area contributed by atoms with Gasteiger partial charge in [0.2, 0.25) is 5.91 Å². The molecule has 2 N–H and O–H groups in total. The number of hydrogen-bond acceptors (Lipinski definition) is 6. The van der Waals surface area contributed by atoms with Gasteiger partial charge in [-0.15, -0.1) is 0 Å². The molecule has 2 heterocycles. The molecule has 0 aromatic heterocycles. The molecule has 0 radical (unpaired) electrons. The van der Waals surface area contributed by atoms with E-state index >= 15 is 0 Å². The third-order valence-electron chi connectivity index (χ3n) is 5.92. The van der Waals surface area contributed by atoms with E-state index in [9.17, 15) is 4.79 Å². The lowest BCUT2D eigenvalue weighted by Crippen LogP contribution is -2.46. The highest BCUT2D eigenvalue weighted by molar-refractivity contribution is 5.85. The van der Waals surface area contributed by atoms with Gasteiger partial charge in [0.1, 0.15) is 6.54 Å². The maximum Gasteiger partial charge on any atom is 0.244 e. The molecule has 0 aliphatic carbocycles. The second kappa shape index (κ2) is 12.5. The molecule has 2 aliphatic rings. The largest absolute Gasteiger partial charge is 0.493 e. The lowest BCUT2D eigenvalue weighted by molar-refractivity contribution is -0.128. The molecule has 1 amide bonds. The SMILES string of the molecule is CCNC(=NCC(=O)N1CCCC1)NCC(c1ccc(OC)c(OC)c1)N1CCOCC1. The van der Waals surface area contributed by atoms with E-state index in [4.69, 9.17) is 14.2 Å². The summed E-state index contributed by atoms with van der Waals surface area (Å²) in [5, 5.41) is 6.70. The minimum absolute atomic E-state index is 0.0873. The van der Waals surface area contributed by atoms with Crippen molar-refractivity contribution < 1.29 is 19.0 Å². The number of guanidine groups is 1. The van der Waals surface area contributed by atoms with Crippen molar-refractivity contribution in [1.82, 2.24) is 20.4 Å². The van der Waals surface area contributed by atoms with Crippen LogP contribution >= 0.6 is 0 Å². The van der Waals surface area contributed by atoms with Crippen LogP contribution in [0.3, 0.4) is 0 Å². The first kappa shape index (κ1) is 24.1. The maximum absolute atomic E-state index is 12.4. The summed E-state index contributed by atoms with van der Waals surface area (Å²) < 4.78 is 16.5. The van der Waals surface area contributed by atoms with Gasteiger partial charge >= 0.3 is 0 Å². The number of nitrogens with one attached hydrogen (secondary N) is 2. The zero-order valence-electron chi connectivity index (χ0n) is 19.6. The Balaban J connectivity index is 1.72. The Bertz CT molecular complexity index is 761. The molecule has 2 aliphatic heterocycles. The number of ether oxygens (including phenoxy) is 3. The molecule has 1 unspecified atom stereocenters. The molecule has 2 saturated heterocycles. The number of aliphatic imine (C=N–C) groups is 1. The van der Waals surface area contributed by atoms with Gasteiger partial charge in [0.15, 0.2) is 17.5 Å². The van der Waals surface area contributed by atoms with Gasteiger partial charge in [0.05, 0.1) is 33.5 Å². The van der Waals surface area contributed by atoms with Gasteiger partial charge in [-0.05, 0) is 37.5 Å². The van der Waals surface area contributed by atoms with Crippen molar-refractivity contribution in [3.63, 3.8) is 0 Å². The summed E-state index contributed by atoms with van der Waals surface area (Å²) in [6.45, 7) is 8.35. The second-order valence-corrected chi connectivity index (χ2v) is 7.94. The maximum atomic E-state index is 12.4. The molecule has 0 spiro atoms. The zero-order chi connectivity index (χ0) is 22.8. The van der Waals surface area contributed by atoms with E-state index < -0.39 is 0 Å². The van der Waals surface area contributed by atoms with E-state index in [0.717, 1.165) is 51.1 Å². The first-order chi connectivity index (χ1) is 15.7. The molecule has 32 heavy (non-hydrogen) atoms. The molecule has 1 atom stereocenters. The Morgan fingerprint density at radius 3 is 2.47 bits per heavy atom. The molecule has 9 heteroatoms. The number of amides is 1. The monoisotopic (exact) mass is 447 g/mol. The number of likely N-dealkylation sites (tertiary alicyclic amines) is 1. The minimum atomic E-state index is 0.0873. The van der Waals surface area contributed by atoms with Crippen LogP contribution in [-0.2, 0) is 9.53 Å². The van der Waals surface area contributed by atoms with E-state index in [2.05, 4.69) is 26.6 Å². The van der Waals surface area contributed by atoms with Crippen LogP contribution < -0.4 is 20.1 Å². The van der Waals surface area contributed by atoms with Crippen molar-refractivity contribution in [1.29, 1.82) is 0 Å². The average Bonchev–Trinajstić information content (AvgIpc) is 3.38. The summed E-state index contributed by atoms with van der Waals surface area (Å²) >= 11 is 0. The summed E-state index contributed by atoms with van der Waals surface area (Å²) in [6, 6.07) is 6.14. The van der Waals surface area contributed by atoms with Gasteiger partial charge in [0.25, 0.3) is 0 Å². The second-order valence-electron chi connectivity index (χ2n) is 7.94. The van der Waals surface area contributed by atoms with Crippen LogP contribution in [0.25, 0.3) is 0 Å². The fourth-order valence-electron chi connectivity index (χ4n) is 4.16. The first-order valence-electron chi connectivity index (χ1n) is 11.5. The van der Waals surface area contributed by atoms with Crippen LogP contribution in [-0.4, -0.2) is 94.9 Å².